The number of esters is 1. The van der Waals surface area contributed by atoms with Crippen molar-refractivity contribution in [1.82, 2.24) is 15.6 Å². The lowest BCUT2D eigenvalue weighted by Gasteiger charge is -2.31. The molecule has 0 spiro atoms. The van der Waals surface area contributed by atoms with Gasteiger partial charge in [-0.3, -0.25) is 0 Å². The molecular formula is C14H14N4O3. The standard InChI is InChI=1S/C14H14N4O3/c1-2-21-13(19)14(20)7-8-16-18(14)12-11-6-4-3-5-10(11)9-15-17-12/h3-9,16,20H,2H2,1H3. The van der Waals surface area contributed by atoms with E-state index in [4.69, 9.17) is 4.74 Å². The molecule has 0 radical (unpaired) electrons. The Morgan fingerprint density at radius 1 is 1.48 bits per heavy atom. The van der Waals surface area contributed by atoms with Crippen molar-refractivity contribution < 1.29 is 14.6 Å². The van der Waals surface area contributed by atoms with Gasteiger partial charge in [0.05, 0.1) is 12.8 Å². The van der Waals surface area contributed by atoms with Crippen LogP contribution in [0.4, 0.5) is 5.82 Å². The molecular weight excluding hydrogens is 272 g/mol. The van der Waals surface area contributed by atoms with Gasteiger partial charge < -0.3 is 15.3 Å². The lowest BCUT2D eigenvalue weighted by Crippen LogP contribution is -2.55. The summed E-state index contributed by atoms with van der Waals surface area (Å²) in [5, 5.41) is 21.4. The average Bonchev–Trinajstić information content (AvgIpc) is 2.90. The normalized spacial score (nSPS) is 20.6. The zero-order valence-corrected chi connectivity index (χ0v) is 11.4. The van der Waals surface area contributed by atoms with Gasteiger partial charge in [0.15, 0.2) is 5.82 Å². The third kappa shape index (κ3) is 2.07. The van der Waals surface area contributed by atoms with Crippen molar-refractivity contribution in [1.29, 1.82) is 0 Å². The average molecular weight is 286 g/mol. The third-order valence-electron chi connectivity index (χ3n) is 3.20. The predicted molar refractivity (Wildman–Crippen MR) is 75.9 cm³/mol. The fourth-order valence-corrected chi connectivity index (χ4v) is 2.20. The number of hydrogen-bond acceptors (Lipinski definition) is 7. The van der Waals surface area contributed by atoms with Crippen LogP contribution in [0.25, 0.3) is 10.8 Å². The molecule has 0 fully saturated rings. The second kappa shape index (κ2) is 5.02. The predicted octanol–water partition coefficient (Wildman–Crippen LogP) is 0.720. The van der Waals surface area contributed by atoms with E-state index in [0.717, 1.165) is 10.8 Å². The molecule has 1 aliphatic heterocycles. The maximum absolute atomic E-state index is 12.0. The monoisotopic (exact) mass is 286 g/mol. The Hall–Kier alpha value is -2.67. The highest BCUT2D eigenvalue weighted by molar-refractivity contribution is 5.95. The molecule has 0 aliphatic carbocycles. The minimum absolute atomic E-state index is 0.171. The number of benzene rings is 1. The fourth-order valence-electron chi connectivity index (χ4n) is 2.20. The smallest absolute Gasteiger partial charge is 0.366 e. The van der Waals surface area contributed by atoms with Gasteiger partial charge in [-0.15, -0.1) is 5.10 Å². The number of anilines is 1. The van der Waals surface area contributed by atoms with Crippen LogP contribution in [0.1, 0.15) is 6.92 Å². The lowest BCUT2D eigenvalue weighted by molar-refractivity contribution is -0.159. The van der Waals surface area contributed by atoms with Crippen LogP contribution in [0.5, 0.6) is 0 Å². The molecule has 0 amide bonds. The van der Waals surface area contributed by atoms with E-state index in [-0.39, 0.29) is 6.61 Å². The number of fused-ring (bicyclic) bond motifs is 1. The van der Waals surface area contributed by atoms with E-state index >= 15 is 0 Å². The van der Waals surface area contributed by atoms with E-state index in [9.17, 15) is 9.90 Å². The van der Waals surface area contributed by atoms with E-state index in [1.165, 1.54) is 17.3 Å². The van der Waals surface area contributed by atoms with Crippen LogP contribution < -0.4 is 10.4 Å². The Balaban J connectivity index is 2.08. The number of ether oxygens (including phenoxy) is 1. The van der Waals surface area contributed by atoms with Crippen LogP contribution in [0, 0.1) is 0 Å². The minimum atomic E-state index is -1.95. The van der Waals surface area contributed by atoms with E-state index < -0.39 is 11.7 Å². The number of nitrogens with zero attached hydrogens (tertiary/aromatic N) is 3. The molecule has 3 rings (SSSR count). The van der Waals surface area contributed by atoms with Gasteiger partial charge in [0.1, 0.15) is 0 Å². The largest absolute Gasteiger partial charge is 0.462 e. The van der Waals surface area contributed by atoms with Gasteiger partial charge in [0.25, 0.3) is 5.72 Å². The molecule has 2 heterocycles. The van der Waals surface area contributed by atoms with Crippen molar-refractivity contribution in [3.8, 4) is 0 Å². The molecule has 1 atom stereocenters. The van der Waals surface area contributed by atoms with Crippen LogP contribution in [-0.4, -0.2) is 33.6 Å². The highest BCUT2D eigenvalue weighted by Gasteiger charge is 2.46. The summed E-state index contributed by atoms with van der Waals surface area (Å²) in [5.41, 5.74) is 0.845. The molecule has 21 heavy (non-hydrogen) atoms. The second-order valence-electron chi connectivity index (χ2n) is 4.50. The first-order valence-corrected chi connectivity index (χ1v) is 6.51. The maximum atomic E-state index is 12.0. The molecule has 2 N–H and O–H groups in total. The number of hydrazine groups is 1. The van der Waals surface area contributed by atoms with Crippen molar-refractivity contribution in [2.24, 2.45) is 0 Å². The van der Waals surface area contributed by atoms with Crippen molar-refractivity contribution in [3.63, 3.8) is 0 Å². The lowest BCUT2D eigenvalue weighted by atomic mass is 10.1. The molecule has 1 unspecified atom stereocenters. The summed E-state index contributed by atoms with van der Waals surface area (Å²) in [6.07, 6.45) is 4.39. The van der Waals surface area contributed by atoms with Crippen LogP contribution in [0.3, 0.4) is 0 Å². The highest BCUT2D eigenvalue weighted by Crippen LogP contribution is 2.30. The molecule has 7 heteroatoms. The van der Waals surface area contributed by atoms with Gasteiger partial charge in [0, 0.05) is 17.0 Å². The molecule has 2 aromatic rings. The number of carbonyl (C=O) groups excluding carboxylic acids is 1. The number of rotatable bonds is 3. The summed E-state index contributed by atoms with van der Waals surface area (Å²) in [7, 11) is 0. The Morgan fingerprint density at radius 2 is 2.29 bits per heavy atom. The summed E-state index contributed by atoms with van der Waals surface area (Å²) in [5.74, 6) is -0.436. The number of carbonyl (C=O) groups is 1. The zero-order chi connectivity index (χ0) is 14.9. The third-order valence-corrected chi connectivity index (χ3v) is 3.20. The summed E-state index contributed by atoms with van der Waals surface area (Å²) in [4.78, 5) is 12.0. The topological polar surface area (TPSA) is 87.6 Å². The maximum Gasteiger partial charge on any atom is 0.366 e. The number of hydrogen-bond donors (Lipinski definition) is 2. The van der Waals surface area contributed by atoms with Crippen molar-refractivity contribution in [3.05, 3.63) is 42.7 Å². The van der Waals surface area contributed by atoms with E-state index in [0.29, 0.717) is 5.82 Å². The fraction of sp³-hybridized carbons (Fsp3) is 0.214. The number of aromatic nitrogens is 2. The Bertz CT molecular complexity index is 713. The summed E-state index contributed by atoms with van der Waals surface area (Å²) >= 11 is 0. The van der Waals surface area contributed by atoms with Gasteiger partial charge in [-0.1, -0.05) is 24.3 Å². The van der Waals surface area contributed by atoms with Crippen molar-refractivity contribution >= 4 is 22.6 Å². The first-order valence-electron chi connectivity index (χ1n) is 6.51. The summed E-state index contributed by atoms with van der Waals surface area (Å²) < 4.78 is 4.92. The van der Waals surface area contributed by atoms with Crippen LogP contribution >= 0.6 is 0 Å². The molecule has 0 saturated heterocycles. The summed E-state index contributed by atoms with van der Waals surface area (Å²) in [6.45, 7) is 1.85. The highest BCUT2D eigenvalue weighted by atomic mass is 16.6. The minimum Gasteiger partial charge on any atom is -0.462 e. The molecule has 1 aromatic heterocycles. The number of aliphatic hydroxyl groups is 1. The summed E-state index contributed by atoms with van der Waals surface area (Å²) in [6, 6.07) is 7.44. The Labute approximate surface area is 120 Å². The van der Waals surface area contributed by atoms with E-state index in [1.54, 1.807) is 13.1 Å². The van der Waals surface area contributed by atoms with Gasteiger partial charge >= 0.3 is 5.97 Å². The van der Waals surface area contributed by atoms with Gasteiger partial charge in [-0.05, 0) is 13.0 Å². The Morgan fingerprint density at radius 3 is 3.10 bits per heavy atom. The van der Waals surface area contributed by atoms with Gasteiger partial charge in [0.2, 0.25) is 0 Å². The molecule has 1 aromatic carbocycles. The molecule has 0 bridgehead atoms. The Kier molecular flexibility index (Phi) is 3.19. The molecule has 1 aliphatic rings. The van der Waals surface area contributed by atoms with Crippen molar-refractivity contribution in [2.45, 2.75) is 12.6 Å². The molecule has 0 saturated carbocycles. The van der Waals surface area contributed by atoms with Crippen LogP contribution in [0.2, 0.25) is 0 Å². The molecule has 108 valence electrons. The number of nitrogens with one attached hydrogen (secondary N) is 1. The SMILES string of the molecule is CCOC(=O)C1(O)C=CNN1c1nncc2ccccc12. The zero-order valence-electron chi connectivity index (χ0n) is 11.4. The van der Waals surface area contributed by atoms with Crippen molar-refractivity contribution in [2.75, 3.05) is 11.6 Å². The van der Waals surface area contributed by atoms with Crippen LogP contribution in [-0.2, 0) is 9.53 Å². The van der Waals surface area contributed by atoms with E-state index in [2.05, 4.69) is 15.6 Å². The quantitative estimate of drug-likeness (QED) is 0.804. The van der Waals surface area contributed by atoms with Gasteiger partial charge in [-0.25, -0.2) is 9.80 Å². The second-order valence-corrected chi connectivity index (χ2v) is 4.50. The molecule has 7 nitrogen and oxygen atoms in total. The first-order chi connectivity index (χ1) is 10.2. The van der Waals surface area contributed by atoms with Gasteiger partial charge in [-0.2, -0.15) is 5.10 Å². The van der Waals surface area contributed by atoms with E-state index in [1.807, 2.05) is 24.3 Å². The van der Waals surface area contributed by atoms with Crippen LogP contribution in [0.15, 0.2) is 42.7 Å². The first kappa shape index (κ1) is 13.3.